The average Bonchev–Trinajstić information content (AvgIpc) is 2.43. The Morgan fingerprint density at radius 3 is 2.84 bits per heavy atom. The Kier molecular flexibility index (Phi) is 3.94. The Morgan fingerprint density at radius 1 is 1.47 bits per heavy atom. The molecule has 1 aromatic heterocycles. The summed E-state index contributed by atoms with van der Waals surface area (Å²) in [7, 11) is 3.08. The minimum absolute atomic E-state index is 0.154. The minimum Gasteiger partial charge on any atom is -0.464 e. The Bertz CT molecular complexity index is 474. The van der Waals surface area contributed by atoms with Crippen LogP contribution in [0.4, 0.5) is 5.82 Å². The van der Waals surface area contributed by atoms with E-state index in [1.165, 1.54) is 7.11 Å². The number of piperidine rings is 1. The maximum absolute atomic E-state index is 11.4. The first kappa shape index (κ1) is 13.3. The zero-order chi connectivity index (χ0) is 13.8. The molecule has 2 heterocycles. The first-order valence-electron chi connectivity index (χ1n) is 6.02. The fourth-order valence-corrected chi connectivity index (χ4v) is 1.96. The number of methoxy groups -OCH3 is 1. The van der Waals surface area contributed by atoms with E-state index < -0.39 is 5.97 Å². The van der Waals surface area contributed by atoms with E-state index in [2.05, 4.69) is 20.3 Å². The van der Waals surface area contributed by atoms with Crippen LogP contribution in [0.15, 0.2) is 12.1 Å². The van der Waals surface area contributed by atoms with Gasteiger partial charge < -0.3 is 15.0 Å². The van der Waals surface area contributed by atoms with E-state index in [1.54, 1.807) is 24.1 Å². The molecule has 0 aromatic carbocycles. The number of likely N-dealkylation sites (N-methyl/N-ethyl adjacent to an activating group) is 1. The number of nitrogens with one attached hydrogen (secondary N) is 1. The second-order valence-electron chi connectivity index (χ2n) is 4.45. The summed E-state index contributed by atoms with van der Waals surface area (Å²) in [6.45, 7) is 0.638. The molecule has 1 unspecified atom stereocenters. The van der Waals surface area contributed by atoms with Crippen molar-refractivity contribution >= 4 is 17.7 Å². The maximum Gasteiger partial charge on any atom is 0.358 e. The molecule has 1 N–H and O–H groups in total. The molecule has 1 atom stereocenters. The number of rotatable bonds is 3. The number of aromatic nitrogens is 2. The number of anilines is 1. The average molecular weight is 264 g/mol. The van der Waals surface area contributed by atoms with Crippen LogP contribution in [0.25, 0.3) is 0 Å². The van der Waals surface area contributed by atoms with Gasteiger partial charge in [-0.1, -0.05) is 0 Å². The number of ether oxygens (including phenoxy) is 1. The third-order valence-corrected chi connectivity index (χ3v) is 3.04. The minimum atomic E-state index is -0.512. The first-order chi connectivity index (χ1) is 9.10. The van der Waals surface area contributed by atoms with Crippen molar-refractivity contribution in [2.45, 2.75) is 18.9 Å². The number of carbonyl (C=O) groups is 2. The van der Waals surface area contributed by atoms with Crippen LogP contribution in [0.5, 0.6) is 0 Å². The molecule has 1 aromatic rings. The Morgan fingerprint density at radius 2 is 2.26 bits per heavy atom. The Labute approximate surface area is 110 Å². The lowest BCUT2D eigenvalue weighted by molar-refractivity contribution is -0.132. The molecule has 0 spiro atoms. The van der Waals surface area contributed by atoms with Crippen molar-refractivity contribution in [3.63, 3.8) is 0 Å². The number of hydrogen-bond acceptors (Lipinski definition) is 6. The molecule has 1 aliphatic heterocycles. The summed E-state index contributed by atoms with van der Waals surface area (Å²) in [5.41, 5.74) is 0.170. The summed E-state index contributed by atoms with van der Waals surface area (Å²) in [5, 5.41) is 10.9. The number of carbonyl (C=O) groups excluding carboxylic acids is 2. The summed E-state index contributed by atoms with van der Waals surface area (Å²) in [5.74, 6) is 0.229. The molecule has 1 fully saturated rings. The first-order valence-corrected chi connectivity index (χ1v) is 6.02. The van der Waals surface area contributed by atoms with E-state index in [4.69, 9.17) is 0 Å². The number of esters is 1. The molecule has 0 bridgehead atoms. The molecule has 1 amide bonds. The molecule has 1 saturated heterocycles. The van der Waals surface area contributed by atoms with Crippen LogP contribution in [0.3, 0.4) is 0 Å². The highest BCUT2D eigenvalue weighted by Gasteiger charge is 2.23. The van der Waals surface area contributed by atoms with E-state index in [-0.39, 0.29) is 17.6 Å². The smallest absolute Gasteiger partial charge is 0.358 e. The zero-order valence-electron chi connectivity index (χ0n) is 10.9. The van der Waals surface area contributed by atoms with Crippen LogP contribution in [0.2, 0.25) is 0 Å². The normalized spacial score (nSPS) is 19.2. The molecular weight excluding hydrogens is 248 g/mol. The number of nitrogens with zero attached hydrogens (tertiary/aromatic N) is 3. The van der Waals surface area contributed by atoms with Crippen LogP contribution < -0.4 is 5.32 Å². The van der Waals surface area contributed by atoms with Crippen molar-refractivity contribution in [2.24, 2.45) is 0 Å². The Balaban J connectivity index is 1.96. The molecular formula is C12H16N4O3. The van der Waals surface area contributed by atoms with Crippen molar-refractivity contribution in [3.8, 4) is 0 Å². The summed E-state index contributed by atoms with van der Waals surface area (Å²) >= 11 is 0. The lowest BCUT2D eigenvalue weighted by Crippen LogP contribution is -2.43. The van der Waals surface area contributed by atoms with Gasteiger partial charge in [0, 0.05) is 26.1 Å². The van der Waals surface area contributed by atoms with E-state index >= 15 is 0 Å². The van der Waals surface area contributed by atoms with Crippen LogP contribution >= 0.6 is 0 Å². The van der Waals surface area contributed by atoms with Gasteiger partial charge in [0.15, 0.2) is 5.69 Å². The molecule has 0 aliphatic carbocycles. The zero-order valence-corrected chi connectivity index (χ0v) is 10.9. The highest BCUT2D eigenvalue weighted by atomic mass is 16.5. The van der Waals surface area contributed by atoms with E-state index in [0.717, 1.165) is 6.42 Å². The largest absolute Gasteiger partial charge is 0.464 e. The van der Waals surface area contributed by atoms with Crippen LogP contribution in [0.1, 0.15) is 23.3 Å². The number of hydrogen-bond donors (Lipinski definition) is 1. The number of amides is 1. The summed E-state index contributed by atoms with van der Waals surface area (Å²) < 4.78 is 4.55. The van der Waals surface area contributed by atoms with Gasteiger partial charge in [-0.3, -0.25) is 4.79 Å². The SMILES string of the molecule is COC(=O)c1ccc(NC2CCC(=O)N(C)C2)nn1. The van der Waals surface area contributed by atoms with Crippen LogP contribution in [0, 0.1) is 0 Å². The maximum atomic E-state index is 11.4. The second kappa shape index (κ2) is 5.64. The van der Waals surface area contributed by atoms with Crippen LogP contribution in [-0.2, 0) is 9.53 Å². The van der Waals surface area contributed by atoms with Gasteiger partial charge in [0.05, 0.1) is 7.11 Å². The fraction of sp³-hybridized carbons (Fsp3) is 0.500. The van der Waals surface area contributed by atoms with Gasteiger partial charge in [-0.2, -0.15) is 0 Å². The molecule has 7 heteroatoms. The van der Waals surface area contributed by atoms with Gasteiger partial charge >= 0.3 is 5.97 Å². The third-order valence-electron chi connectivity index (χ3n) is 3.04. The molecule has 7 nitrogen and oxygen atoms in total. The van der Waals surface area contributed by atoms with Crippen molar-refractivity contribution in [2.75, 3.05) is 26.0 Å². The predicted molar refractivity (Wildman–Crippen MR) is 67.7 cm³/mol. The van der Waals surface area contributed by atoms with Crippen LogP contribution in [-0.4, -0.2) is 53.7 Å². The summed E-state index contributed by atoms with van der Waals surface area (Å²) in [4.78, 5) is 24.3. The van der Waals surface area contributed by atoms with Crippen molar-refractivity contribution in [3.05, 3.63) is 17.8 Å². The molecule has 2 rings (SSSR count). The molecule has 0 saturated carbocycles. The summed E-state index contributed by atoms with van der Waals surface area (Å²) in [6, 6.07) is 3.38. The fourth-order valence-electron chi connectivity index (χ4n) is 1.96. The molecule has 0 radical (unpaired) electrons. The van der Waals surface area contributed by atoms with Gasteiger partial charge in [0.25, 0.3) is 0 Å². The van der Waals surface area contributed by atoms with Gasteiger partial charge in [-0.25, -0.2) is 4.79 Å². The highest BCUT2D eigenvalue weighted by molar-refractivity contribution is 5.87. The standard InChI is InChI=1S/C12H16N4O3/c1-16-7-8(3-6-11(16)17)13-10-5-4-9(14-15-10)12(18)19-2/h4-5,8H,3,6-7H2,1-2H3,(H,13,15). The topological polar surface area (TPSA) is 84.4 Å². The quantitative estimate of drug-likeness (QED) is 0.790. The lowest BCUT2D eigenvalue weighted by atomic mass is 10.1. The van der Waals surface area contributed by atoms with E-state index in [0.29, 0.717) is 18.8 Å². The van der Waals surface area contributed by atoms with Gasteiger partial charge in [0.1, 0.15) is 5.82 Å². The second-order valence-corrected chi connectivity index (χ2v) is 4.45. The predicted octanol–water partition coefficient (Wildman–Crippen LogP) is 0.296. The lowest BCUT2D eigenvalue weighted by Gasteiger charge is -2.30. The van der Waals surface area contributed by atoms with Gasteiger partial charge in [0.2, 0.25) is 5.91 Å². The monoisotopic (exact) mass is 264 g/mol. The third kappa shape index (κ3) is 3.18. The highest BCUT2D eigenvalue weighted by Crippen LogP contribution is 2.14. The number of likely N-dealkylation sites (tertiary alicyclic amines) is 1. The van der Waals surface area contributed by atoms with E-state index in [9.17, 15) is 9.59 Å². The summed E-state index contributed by atoms with van der Waals surface area (Å²) in [6.07, 6.45) is 1.30. The molecule has 1 aliphatic rings. The van der Waals surface area contributed by atoms with Crippen molar-refractivity contribution in [1.29, 1.82) is 0 Å². The molecule has 102 valence electrons. The van der Waals surface area contributed by atoms with Crippen molar-refractivity contribution < 1.29 is 14.3 Å². The van der Waals surface area contributed by atoms with Gasteiger partial charge in [-0.05, 0) is 18.6 Å². The van der Waals surface area contributed by atoms with Crippen molar-refractivity contribution in [1.82, 2.24) is 15.1 Å². The molecule has 19 heavy (non-hydrogen) atoms. The Hall–Kier alpha value is -2.18. The van der Waals surface area contributed by atoms with Gasteiger partial charge in [-0.15, -0.1) is 10.2 Å². The van der Waals surface area contributed by atoms with E-state index in [1.807, 2.05) is 0 Å².